The molecular weight excluding hydrogens is 248 g/mol. The maximum atomic E-state index is 10.9. The molecule has 6 heteroatoms. The third-order valence-electron chi connectivity index (χ3n) is 2.82. The zero-order valence-corrected chi connectivity index (χ0v) is 11.8. The Hall–Kier alpha value is -1.27. The highest BCUT2D eigenvalue weighted by Crippen LogP contribution is 2.16. The summed E-state index contributed by atoms with van der Waals surface area (Å²) in [5.74, 6) is 0.682. The van der Waals surface area contributed by atoms with Gasteiger partial charge in [-0.05, 0) is 18.6 Å². The summed E-state index contributed by atoms with van der Waals surface area (Å²) in [6, 6.07) is 2.11. The minimum absolute atomic E-state index is 0.682. The van der Waals surface area contributed by atoms with Crippen molar-refractivity contribution < 1.29 is 4.21 Å². The smallest absolute Gasteiger partial charge is 0.157 e. The molecule has 0 fully saturated rings. The monoisotopic (exact) mass is 266 g/mol. The van der Waals surface area contributed by atoms with Gasteiger partial charge in [0.2, 0.25) is 0 Å². The molecule has 5 nitrogen and oxygen atoms in total. The van der Waals surface area contributed by atoms with Crippen molar-refractivity contribution in [3.63, 3.8) is 0 Å². The van der Waals surface area contributed by atoms with Crippen molar-refractivity contribution in [1.29, 1.82) is 0 Å². The van der Waals surface area contributed by atoms with Crippen molar-refractivity contribution in [2.45, 2.75) is 13.5 Å². The number of nitrogens with zero attached hydrogens (tertiary/aromatic N) is 3. The summed E-state index contributed by atoms with van der Waals surface area (Å²) in [6.07, 6.45) is 3.58. The summed E-state index contributed by atoms with van der Waals surface area (Å²) < 4.78 is 12.7. The van der Waals surface area contributed by atoms with Crippen LogP contribution in [0.5, 0.6) is 0 Å². The van der Waals surface area contributed by atoms with Gasteiger partial charge in [0.05, 0.1) is 5.69 Å². The van der Waals surface area contributed by atoms with Crippen molar-refractivity contribution in [3.8, 4) is 0 Å². The summed E-state index contributed by atoms with van der Waals surface area (Å²) in [5.41, 5.74) is 3.03. The lowest BCUT2D eigenvalue weighted by atomic mass is 10.2. The second-order valence-electron chi connectivity index (χ2n) is 4.38. The average Bonchev–Trinajstić information content (AvgIpc) is 2.60. The maximum Gasteiger partial charge on any atom is 0.157 e. The third-order valence-corrected chi connectivity index (χ3v) is 3.59. The van der Waals surface area contributed by atoms with E-state index < -0.39 is 10.8 Å². The summed E-state index contributed by atoms with van der Waals surface area (Å²) in [4.78, 5) is 4.42. The Morgan fingerprint density at radius 3 is 3.00 bits per heavy atom. The Morgan fingerprint density at radius 2 is 2.28 bits per heavy atom. The first kappa shape index (κ1) is 13.2. The molecule has 2 rings (SSSR count). The molecule has 0 spiro atoms. The van der Waals surface area contributed by atoms with Crippen LogP contribution in [-0.4, -0.2) is 37.5 Å². The Bertz CT molecular complexity index is 579. The number of rotatable bonds is 5. The highest BCUT2D eigenvalue weighted by atomic mass is 32.2. The minimum Gasteiger partial charge on any atom is -0.312 e. The number of nitrogens with one attached hydrogen (secondary N) is 1. The topological polar surface area (TPSA) is 59.8 Å². The molecule has 0 aliphatic heterocycles. The number of fused-ring (bicyclic) bond motifs is 1. The number of hydrogen-bond donors (Lipinski definition) is 1. The van der Waals surface area contributed by atoms with E-state index in [0.29, 0.717) is 5.75 Å². The highest BCUT2D eigenvalue weighted by Gasteiger charge is 2.06. The number of hydrogen-bond acceptors (Lipinski definition) is 4. The predicted octanol–water partition coefficient (Wildman–Crippen LogP) is 0.745. The molecule has 0 saturated carbocycles. The molecule has 2 heterocycles. The lowest BCUT2D eigenvalue weighted by molar-refractivity contribution is 0.676. The van der Waals surface area contributed by atoms with E-state index in [9.17, 15) is 4.21 Å². The van der Waals surface area contributed by atoms with Gasteiger partial charge in [-0.1, -0.05) is 0 Å². The zero-order valence-electron chi connectivity index (χ0n) is 10.9. The van der Waals surface area contributed by atoms with Crippen LogP contribution in [0, 0.1) is 6.92 Å². The molecule has 98 valence electrons. The molecule has 2 aromatic heterocycles. The van der Waals surface area contributed by atoms with Gasteiger partial charge in [0.1, 0.15) is 0 Å². The van der Waals surface area contributed by atoms with E-state index in [0.717, 1.165) is 35.4 Å². The van der Waals surface area contributed by atoms with Gasteiger partial charge in [0.25, 0.3) is 0 Å². The molecule has 1 unspecified atom stereocenters. The Morgan fingerprint density at radius 1 is 1.50 bits per heavy atom. The predicted molar refractivity (Wildman–Crippen MR) is 73.9 cm³/mol. The number of pyridine rings is 1. The van der Waals surface area contributed by atoms with Crippen LogP contribution in [0.2, 0.25) is 0 Å². The maximum absolute atomic E-state index is 10.9. The molecule has 1 atom stereocenters. The van der Waals surface area contributed by atoms with Gasteiger partial charge in [-0.3, -0.25) is 8.89 Å². The van der Waals surface area contributed by atoms with E-state index in [2.05, 4.69) is 21.5 Å². The molecule has 0 aromatic carbocycles. The average molecular weight is 266 g/mol. The van der Waals surface area contributed by atoms with Crippen LogP contribution in [0.25, 0.3) is 11.0 Å². The van der Waals surface area contributed by atoms with Crippen LogP contribution in [0.3, 0.4) is 0 Å². The summed E-state index contributed by atoms with van der Waals surface area (Å²) >= 11 is 0. The normalized spacial score (nSPS) is 13.1. The van der Waals surface area contributed by atoms with E-state index in [4.69, 9.17) is 0 Å². The summed E-state index contributed by atoms with van der Waals surface area (Å²) in [6.45, 7) is 3.49. The number of aryl methyl sites for hydroxylation is 2. The van der Waals surface area contributed by atoms with Crippen LogP contribution in [0.4, 0.5) is 0 Å². The second-order valence-corrected chi connectivity index (χ2v) is 5.93. The second kappa shape index (κ2) is 5.58. The number of aromatic nitrogens is 3. The van der Waals surface area contributed by atoms with Gasteiger partial charge in [-0.2, -0.15) is 5.10 Å². The van der Waals surface area contributed by atoms with E-state index in [-0.39, 0.29) is 0 Å². The van der Waals surface area contributed by atoms with Crippen molar-refractivity contribution in [2.75, 3.05) is 18.6 Å². The van der Waals surface area contributed by atoms with Gasteiger partial charge in [0.15, 0.2) is 5.65 Å². The van der Waals surface area contributed by atoms with Crippen LogP contribution >= 0.6 is 0 Å². The van der Waals surface area contributed by atoms with E-state index in [1.54, 1.807) is 10.9 Å². The van der Waals surface area contributed by atoms with Crippen LogP contribution in [-0.2, 0) is 24.4 Å². The van der Waals surface area contributed by atoms with Gasteiger partial charge >= 0.3 is 0 Å². The molecule has 0 saturated heterocycles. The van der Waals surface area contributed by atoms with E-state index in [1.165, 1.54) is 0 Å². The first-order valence-corrected chi connectivity index (χ1v) is 7.59. The fourth-order valence-electron chi connectivity index (χ4n) is 1.90. The lowest BCUT2D eigenvalue weighted by Crippen LogP contribution is -2.19. The molecule has 0 aliphatic rings. The quantitative estimate of drug-likeness (QED) is 0.811. The Labute approximate surface area is 109 Å². The Kier molecular flexibility index (Phi) is 4.08. The van der Waals surface area contributed by atoms with Crippen LogP contribution in [0.1, 0.15) is 11.3 Å². The van der Waals surface area contributed by atoms with Crippen LogP contribution < -0.4 is 5.32 Å². The molecule has 0 aliphatic carbocycles. The van der Waals surface area contributed by atoms with E-state index >= 15 is 0 Å². The standard InChI is InChI=1S/C12H18N4OS/c1-9-11-6-10(7-13-4-5-18(3)17)8-14-12(11)16(2)15-9/h6,8,13H,4-5,7H2,1-3H3. The molecule has 18 heavy (non-hydrogen) atoms. The van der Waals surface area contributed by atoms with Crippen molar-refractivity contribution in [3.05, 3.63) is 23.5 Å². The van der Waals surface area contributed by atoms with Crippen molar-refractivity contribution in [2.24, 2.45) is 7.05 Å². The first-order chi connectivity index (χ1) is 8.58. The first-order valence-electron chi connectivity index (χ1n) is 5.87. The van der Waals surface area contributed by atoms with Crippen molar-refractivity contribution >= 4 is 21.8 Å². The SMILES string of the molecule is Cc1nn(C)c2ncc(CNCCS(C)=O)cc12. The molecule has 0 amide bonds. The van der Waals surface area contributed by atoms with Gasteiger partial charge in [0, 0.05) is 54.5 Å². The van der Waals surface area contributed by atoms with Gasteiger partial charge in [-0.25, -0.2) is 4.98 Å². The lowest BCUT2D eigenvalue weighted by Gasteiger charge is -2.04. The largest absolute Gasteiger partial charge is 0.312 e. The minimum atomic E-state index is -0.737. The van der Waals surface area contributed by atoms with Gasteiger partial charge < -0.3 is 5.32 Å². The van der Waals surface area contributed by atoms with Crippen LogP contribution in [0.15, 0.2) is 12.3 Å². The van der Waals surface area contributed by atoms with E-state index in [1.807, 2.05) is 20.2 Å². The molecule has 1 N–H and O–H groups in total. The van der Waals surface area contributed by atoms with Crippen molar-refractivity contribution in [1.82, 2.24) is 20.1 Å². The molecule has 0 bridgehead atoms. The highest BCUT2D eigenvalue weighted by molar-refractivity contribution is 7.84. The third kappa shape index (κ3) is 2.94. The molecular formula is C12H18N4OS. The molecule has 0 radical (unpaired) electrons. The zero-order chi connectivity index (χ0) is 13.1. The van der Waals surface area contributed by atoms with Gasteiger partial charge in [-0.15, -0.1) is 0 Å². The summed E-state index contributed by atoms with van der Waals surface area (Å²) in [5, 5.41) is 8.70. The fourth-order valence-corrected chi connectivity index (χ4v) is 2.33. The summed E-state index contributed by atoms with van der Waals surface area (Å²) in [7, 11) is 1.16. The fraction of sp³-hybridized carbons (Fsp3) is 0.500. The Balaban J connectivity index is 2.06. The molecule has 2 aromatic rings.